The zero-order valence-corrected chi connectivity index (χ0v) is 11.1. The molecule has 1 aromatic heterocycles. The lowest BCUT2D eigenvalue weighted by atomic mass is 10.1. The number of ether oxygens (including phenoxy) is 1. The Labute approximate surface area is 107 Å². The normalized spacial score (nSPS) is 11.5. The van der Waals surface area contributed by atoms with Gasteiger partial charge in [-0.1, -0.05) is 18.2 Å². The molecule has 0 aliphatic heterocycles. The molecule has 96 valence electrons. The van der Waals surface area contributed by atoms with Crippen molar-refractivity contribution in [1.29, 1.82) is 0 Å². The van der Waals surface area contributed by atoms with Gasteiger partial charge in [-0.05, 0) is 32.9 Å². The van der Waals surface area contributed by atoms with Gasteiger partial charge in [0.2, 0.25) is 0 Å². The lowest BCUT2D eigenvalue weighted by molar-refractivity contribution is 0.292. The maximum Gasteiger partial charge on any atom is 0.132 e. The van der Waals surface area contributed by atoms with E-state index in [4.69, 9.17) is 10.5 Å². The first-order valence-corrected chi connectivity index (χ1v) is 5.99. The number of hydrogen-bond donors (Lipinski definition) is 1. The minimum Gasteiger partial charge on any atom is -0.487 e. The van der Waals surface area contributed by atoms with Crippen LogP contribution in [0, 0.1) is 0 Å². The maximum absolute atomic E-state index is 5.94. The van der Waals surface area contributed by atoms with Gasteiger partial charge in [0.05, 0.1) is 5.54 Å². The number of aromatic nitrogens is 2. The van der Waals surface area contributed by atoms with Crippen LogP contribution in [-0.2, 0) is 12.1 Å². The molecule has 0 fully saturated rings. The third kappa shape index (κ3) is 2.83. The molecular formula is C14H19N3O. The highest BCUT2D eigenvalue weighted by molar-refractivity contribution is 5.32. The van der Waals surface area contributed by atoms with Gasteiger partial charge in [0.25, 0.3) is 0 Å². The molecule has 0 saturated carbocycles. The first-order valence-electron chi connectivity index (χ1n) is 5.99. The van der Waals surface area contributed by atoms with E-state index in [9.17, 15) is 0 Å². The fraction of sp³-hybridized carbons (Fsp3) is 0.357. The van der Waals surface area contributed by atoms with Gasteiger partial charge in [-0.2, -0.15) is 5.10 Å². The van der Waals surface area contributed by atoms with Gasteiger partial charge in [0.1, 0.15) is 23.9 Å². The molecule has 1 heterocycles. The molecule has 4 nitrogen and oxygen atoms in total. The molecule has 0 aliphatic rings. The molecular weight excluding hydrogens is 226 g/mol. The number of anilines is 1. The van der Waals surface area contributed by atoms with Crippen LogP contribution in [0.25, 0.3) is 0 Å². The zero-order valence-electron chi connectivity index (χ0n) is 11.1. The monoisotopic (exact) mass is 245 g/mol. The van der Waals surface area contributed by atoms with Crippen LogP contribution in [0.1, 0.15) is 26.5 Å². The zero-order chi connectivity index (χ0) is 13.2. The Morgan fingerprint density at radius 2 is 1.89 bits per heavy atom. The molecule has 0 aliphatic carbocycles. The second-order valence-electron chi connectivity index (χ2n) is 5.24. The van der Waals surface area contributed by atoms with E-state index < -0.39 is 0 Å². The third-order valence-corrected chi connectivity index (χ3v) is 2.55. The number of nitrogens with zero attached hydrogens (tertiary/aromatic N) is 2. The smallest absolute Gasteiger partial charge is 0.132 e. The van der Waals surface area contributed by atoms with Gasteiger partial charge in [0, 0.05) is 6.07 Å². The molecule has 2 aromatic rings. The average Bonchev–Trinajstić information content (AvgIpc) is 2.69. The van der Waals surface area contributed by atoms with Crippen molar-refractivity contribution in [2.45, 2.75) is 32.9 Å². The summed E-state index contributed by atoms with van der Waals surface area (Å²) in [6.45, 7) is 6.63. The van der Waals surface area contributed by atoms with Crippen LogP contribution in [0.2, 0.25) is 0 Å². The molecule has 2 N–H and O–H groups in total. The highest BCUT2D eigenvalue weighted by Crippen LogP contribution is 2.19. The molecule has 4 heteroatoms. The van der Waals surface area contributed by atoms with Crippen LogP contribution in [0.3, 0.4) is 0 Å². The summed E-state index contributed by atoms with van der Waals surface area (Å²) >= 11 is 0. The average molecular weight is 245 g/mol. The van der Waals surface area contributed by atoms with Crippen molar-refractivity contribution in [3.05, 3.63) is 42.1 Å². The summed E-state index contributed by atoms with van der Waals surface area (Å²) < 4.78 is 7.46. The fourth-order valence-electron chi connectivity index (χ4n) is 1.73. The van der Waals surface area contributed by atoms with E-state index in [-0.39, 0.29) is 5.54 Å². The summed E-state index contributed by atoms with van der Waals surface area (Å²) in [4.78, 5) is 0. The second kappa shape index (κ2) is 4.72. The Balaban J connectivity index is 2.07. The number of nitrogen functional groups attached to an aromatic ring is 1. The van der Waals surface area contributed by atoms with Gasteiger partial charge in [-0.25, -0.2) is 4.68 Å². The first kappa shape index (κ1) is 12.5. The Morgan fingerprint density at radius 3 is 2.44 bits per heavy atom. The lowest BCUT2D eigenvalue weighted by Gasteiger charge is -2.20. The van der Waals surface area contributed by atoms with Crippen molar-refractivity contribution in [3.8, 4) is 5.75 Å². The summed E-state index contributed by atoms with van der Waals surface area (Å²) in [7, 11) is 0. The minimum atomic E-state index is -0.116. The molecule has 2 rings (SSSR count). The number of rotatable bonds is 3. The Kier molecular flexibility index (Phi) is 3.28. The van der Waals surface area contributed by atoms with E-state index in [1.54, 1.807) is 0 Å². The van der Waals surface area contributed by atoms with Gasteiger partial charge >= 0.3 is 0 Å². The number of benzene rings is 1. The van der Waals surface area contributed by atoms with E-state index in [0.717, 1.165) is 11.4 Å². The van der Waals surface area contributed by atoms with Crippen molar-refractivity contribution < 1.29 is 4.74 Å². The van der Waals surface area contributed by atoms with Gasteiger partial charge in [0.15, 0.2) is 0 Å². The molecule has 0 saturated heterocycles. The topological polar surface area (TPSA) is 53.1 Å². The van der Waals surface area contributed by atoms with Crippen molar-refractivity contribution in [2.75, 3.05) is 5.73 Å². The molecule has 0 radical (unpaired) electrons. The predicted octanol–water partition coefficient (Wildman–Crippen LogP) is 2.80. The number of para-hydroxylation sites is 1. The maximum atomic E-state index is 5.94. The molecule has 0 atom stereocenters. The summed E-state index contributed by atoms with van der Waals surface area (Å²) in [5.41, 5.74) is 6.66. The van der Waals surface area contributed by atoms with E-state index in [1.165, 1.54) is 0 Å². The summed E-state index contributed by atoms with van der Waals surface area (Å²) in [6.07, 6.45) is 0. The van der Waals surface area contributed by atoms with Gasteiger partial charge in [-0.3, -0.25) is 0 Å². The molecule has 0 unspecified atom stereocenters. The van der Waals surface area contributed by atoms with Crippen LogP contribution in [0.5, 0.6) is 5.75 Å². The van der Waals surface area contributed by atoms with E-state index >= 15 is 0 Å². The highest BCUT2D eigenvalue weighted by Gasteiger charge is 2.18. The summed E-state index contributed by atoms with van der Waals surface area (Å²) in [6, 6.07) is 11.5. The SMILES string of the molecule is CC(C)(C)n1nc(COc2ccccc2)cc1N. The summed E-state index contributed by atoms with van der Waals surface area (Å²) in [5.74, 6) is 1.50. The molecule has 0 spiro atoms. The van der Waals surface area contributed by atoms with Crippen molar-refractivity contribution in [3.63, 3.8) is 0 Å². The van der Waals surface area contributed by atoms with Crippen molar-refractivity contribution in [1.82, 2.24) is 9.78 Å². The second-order valence-corrected chi connectivity index (χ2v) is 5.24. The van der Waals surface area contributed by atoms with E-state index in [0.29, 0.717) is 12.4 Å². The Bertz CT molecular complexity index is 512. The van der Waals surface area contributed by atoms with Gasteiger partial charge in [-0.15, -0.1) is 0 Å². The Hall–Kier alpha value is -1.97. The number of hydrogen-bond acceptors (Lipinski definition) is 3. The molecule has 0 bridgehead atoms. The Morgan fingerprint density at radius 1 is 1.22 bits per heavy atom. The molecule has 18 heavy (non-hydrogen) atoms. The standard InChI is InChI=1S/C14H19N3O/c1-14(2,3)17-13(15)9-11(16-17)10-18-12-7-5-4-6-8-12/h4-9H,10,15H2,1-3H3. The van der Waals surface area contributed by atoms with Crippen LogP contribution in [0.4, 0.5) is 5.82 Å². The van der Waals surface area contributed by atoms with Crippen LogP contribution in [0.15, 0.2) is 36.4 Å². The van der Waals surface area contributed by atoms with Crippen LogP contribution >= 0.6 is 0 Å². The van der Waals surface area contributed by atoms with Crippen molar-refractivity contribution >= 4 is 5.82 Å². The predicted molar refractivity (Wildman–Crippen MR) is 72.4 cm³/mol. The fourth-order valence-corrected chi connectivity index (χ4v) is 1.73. The largest absolute Gasteiger partial charge is 0.487 e. The van der Waals surface area contributed by atoms with Crippen LogP contribution < -0.4 is 10.5 Å². The molecule has 1 aromatic carbocycles. The van der Waals surface area contributed by atoms with E-state index in [2.05, 4.69) is 25.9 Å². The minimum absolute atomic E-state index is 0.116. The lowest BCUT2D eigenvalue weighted by Crippen LogP contribution is -2.24. The number of nitrogens with two attached hydrogens (primary N) is 1. The summed E-state index contributed by atoms with van der Waals surface area (Å²) in [5, 5.41) is 4.46. The quantitative estimate of drug-likeness (QED) is 0.904. The highest BCUT2D eigenvalue weighted by atomic mass is 16.5. The first-order chi connectivity index (χ1) is 8.47. The third-order valence-electron chi connectivity index (χ3n) is 2.55. The van der Waals surface area contributed by atoms with Crippen LogP contribution in [-0.4, -0.2) is 9.78 Å². The van der Waals surface area contributed by atoms with Crippen molar-refractivity contribution in [2.24, 2.45) is 0 Å². The molecule has 0 amide bonds. The van der Waals surface area contributed by atoms with Gasteiger partial charge < -0.3 is 10.5 Å². The van der Waals surface area contributed by atoms with E-state index in [1.807, 2.05) is 41.1 Å².